The van der Waals surface area contributed by atoms with Crippen molar-refractivity contribution in [1.82, 2.24) is 9.88 Å². The van der Waals surface area contributed by atoms with Crippen molar-refractivity contribution in [2.24, 2.45) is 29.1 Å². The zero-order chi connectivity index (χ0) is 21.9. The maximum absolute atomic E-state index is 13.0. The number of rotatable bonds is 4. The Labute approximate surface area is 188 Å². The van der Waals surface area contributed by atoms with Crippen LogP contribution in [0.15, 0.2) is 0 Å². The molecule has 0 aromatic carbocycles. The van der Waals surface area contributed by atoms with Gasteiger partial charge in [0.2, 0.25) is 11.8 Å². The normalized spacial score (nSPS) is 35.9. The van der Waals surface area contributed by atoms with Crippen LogP contribution in [-0.4, -0.2) is 46.0 Å². The largest absolute Gasteiger partial charge is 0.392 e. The lowest BCUT2D eigenvalue weighted by atomic mass is 9.53. The zero-order valence-corrected chi connectivity index (χ0v) is 19.7. The van der Waals surface area contributed by atoms with Gasteiger partial charge in [0.25, 0.3) is 0 Å². The highest BCUT2D eigenvalue weighted by Gasteiger charge is 2.54. The van der Waals surface area contributed by atoms with E-state index < -0.39 is 6.10 Å². The van der Waals surface area contributed by atoms with E-state index in [0.29, 0.717) is 5.13 Å². The predicted molar refractivity (Wildman–Crippen MR) is 121 cm³/mol. The average molecular weight is 446 g/mol. The summed E-state index contributed by atoms with van der Waals surface area (Å²) in [5, 5.41) is 15.3. The minimum atomic E-state index is -0.505. The van der Waals surface area contributed by atoms with Crippen molar-refractivity contribution in [2.75, 3.05) is 18.4 Å². The molecule has 7 heteroatoms. The van der Waals surface area contributed by atoms with Gasteiger partial charge in [0.15, 0.2) is 5.13 Å². The summed E-state index contributed by atoms with van der Waals surface area (Å²) in [6.45, 7) is 8.21. The Hall–Kier alpha value is -1.47. The molecule has 3 aliphatic carbocycles. The smallest absolute Gasteiger partial charge is 0.229 e. The van der Waals surface area contributed by atoms with E-state index in [2.05, 4.69) is 19.2 Å². The van der Waals surface area contributed by atoms with E-state index >= 15 is 0 Å². The van der Waals surface area contributed by atoms with Crippen LogP contribution in [0, 0.1) is 29.1 Å². The summed E-state index contributed by atoms with van der Waals surface area (Å²) in [7, 11) is 0. The number of carbonyl (C=O) groups is 2. The summed E-state index contributed by atoms with van der Waals surface area (Å²) in [4.78, 5) is 33.3. The molecule has 0 radical (unpaired) electrons. The Bertz CT molecular complexity index is 875. The van der Waals surface area contributed by atoms with Crippen molar-refractivity contribution in [2.45, 2.75) is 77.7 Å². The van der Waals surface area contributed by atoms with E-state index in [4.69, 9.17) is 4.98 Å². The van der Waals surface area contributed by atoms with E-state index in [1.165, 1.54) is 4.88 Å². The van der Waals surface area contributed by atoms with Gasteiger partial charge in [0.1, 0.15) is 0 Å². The molecule has 4 aliphatic rings. The van der Waals surface area contributed by atoms with E-state index in [1.54, 1.807) is 11.3 Å². The number of aliphatic hydroxyl groups excluding tert-OH is 1. The Morgan fingerprint density at radius 3 is 2.65 bits per heavy atom. The molecule has 1 aromatic rings. The Kier molecular flexibility index (Phi) is 5.40. The third-order valence-electron chi connectivity index (χ3n) is 8.55. The molecule has 2 saturated carbocycles. The lowest BCUT2D eigenvalue weighted by Gasteiger charge is -2.53. The summed E-state index contributed by atoms with van der Waals surface area (Å²) < 4.78 is 0. The van der Waals surface area contributed by atoms with Gasteiger partial charge in [-0.05, 0) is 62.2 Å². The lowest BCUT2D eigenvalue weighted by Crippen LogP contribution is -2.53. The minimum Gasteiger partial charge on any atom is -0.392 e. The molecular formula is C24H35N3O3S. The van der Waals surface area contributed by atoms with Gasteiger partial charge < -0.3 is 15.3 Å². The van der Waals surface area contributed by atoms with Crippen molar-refractivity contribution >= 4 is 28.3 Å². The molecule has 2 amide bonds. The van der Waals surface area contributed by atoms with Gasteiger partial charge in [0, 0.05) is 35.7 Å². The molecule has 2 heterocycles. The monoisotopic (exact) mass is 445 g/mol. The van der Waals surface area contributed by atoms with Crippen LogP contribution in [0.25, 0.3) is 0 Å². The molecule has 0 spiro atoms. The first kappa shape index (κ1) is 21.4. The molecule has 1 saturated heterocycles. The summed E-state index contributed by atoms with van der Waals surface area (Å²) in [5.41, 5.74) is 1.04. The second-order valence-electron chi connectivity index (χ2n) is 10.8. The second kappa shape index (κ2) is 7.84. The SMILES string of the molecule is C[C@H](C(=O)N1CCCC1)C1CC[C@@]2(C)Cc3sc(NC(=O)C4CC4)nc3[C@@H](C)[C@@H]2[C@H]1O. The van der Waals surface area contributed by atoms with Crippen molar-refractivity contribution in [3.8, 4) is 0 Å². The third-order valence-corrected chi connectivity index (χ3v) is 9.54. The number of nitrogens with one attached hydrogen (secondary N) is 1. The Balaban J connectivity index is 1.36. The third kappa shape index (κ3) is 3.71. The van der Waals surface area contributed by atoms with Crippen molar-refractivity contribution in [3.63, 3.8) is 0 Å². The molecule has 3 fully saturated rings. The molecule has 1 aromatic heterocycles. The second-order valence-corrected chi connectivity index (χ2v) is 11.8. The number of likely N-dealkylation sites (tertiary alicyclic amines) is 1. The van der Waals surface area contributed by atoms with E-state index in [-0.39, 0.29) is 46.8 Å². The van der Waals surface area contributed by atoms with Crippen LogP contribution < -0.4 is 5.32 Å². The fourth-order valence-electron chi connectivity index (χ4n) is 6.56. The highest BCUT2D eigenvalue weighted by Crippen LogP contribution is 2.57. The van der Waals surface area contributed by atoms with Crippen LogP contribution >= 0.6 is 11.3 Å². The number of aromatic nitrogens is 1. The predicted octanol–water partition coefficient (Wildman–Crippen LogP) is 3.80. The first-order valence-electron chi connectivity index (χ1n) is 12.1. The van der Waals surface area contributed by atoms with Gasteiger partial charge in [-0.1, -0.05) is 20.8 Å². The number of hydrogen-bond acceptors (Lipinski definition) is 5. The first-order chi connectivity index (χ1) is 14.8. The Morgan fingerprint density at radius 1 is 1.26 bits per heavy atom. The van der Waals surface area contributed by atoms with E-state index in [1.807, 2.05) is 11.8 Å². The molecule has 2 N–H and O–H groups in total. The molecule has 0 bridgehead atoms. The number of thiazole rings is 1. The highest BCUT2D eigenvalue weighted by atomic mass is 32.1. The molecule has 5 rings (SSSR count). The molecule has 1 aliphatic heterocycles. The van der Waals surface area contributed by atoms with Crippen LogP contribution in [0.1, 0.15) is 75.8 Å². The number of nitrogens with zero attached hydrogens (tertiary/aromatic N) is 2. The molecule has 6 atom stereocenters. The van der Waals surface area contributed by atoms with Crippen LogP contribution in [0.4, 0.5) is 5.13 Å². The summed E-state index contributed by atoms with van der Waals surface area (Å²) in [6.07, 6.45) is 6.45. The van der Waals surface area contributed by atoms with Crippen LogP contribution in [-0.2, 0) is 16.0 Å². The van der Waals surface area contributed by atoms with Gasteiger partial charge in [-0.2, -0.15) is 0 Å². The molecule has 1 unspecified atom stereocenters. The van der Waals surface area contributed by atoms with Gasteiger partial charge in [-0.3, -0.25) is 9.59 Å². The maximum Gasteiger partial charge on any atom is 0.229 e. The van der Waals surface area contributed by atoms with Crippen molar-refractivity contribution in [3.05, 3.63) is 10.6 Å². The lowest BCUT2D eigenvalue weighted by molar-refractivity contribution is -0.143. The minimum absolute atomic E-state index is 0.00264. The van der Waals surface area contributed by atoms with Gasteiger partial charge in [-0.15, -0.1) is 11.3 Å². The number of amides is 2. The highest BCUT2D eigenvalue weighted by molar-refractivity contribution is 7.15. The Morgan fingerprint density at radius 2 is 1.97 bits per heavy atom. The standard InChI is InChI=1S/C24H35N3O3S/c1-13(22(30)27-10-4-5-11-27)16-8-9-24(3)12-17-19(14(2)18(24)20(16)28)25-23(31-17)26-21(29)15-6-7-15/h13-16,18,20,28H,4-12H2,1-3H3,(H,25,26,29)/t13-,14-,16?,18+,20-,24-/m0/s1. The first-order valence-corrected chi connectivity index (χ1v) is 12.9. The average Bonchev–Trinajstić information content (AvgIpc) is 3.29. The fourth-order valence-corrected chi connectivity index (χ4v) is 7.83. The van der Waals surface area contributed by atoms with Crippen molar-refractivity contribution in [1.29, 1.82) is 0 Å². The maximum atomic E-state index is 13.0. The number of fused-ring (bicyclic) bond motifs is 2. The van der Waals surface area contributed by atoms with Crippen molar-refractivity contribution < 1.29 is 14.7 Å². The van der Waals surface area contributed by atoms with Gasteiger partial charge >= 0.3 is 0 Å². The quantitative estimate of drug-likeness (QED) is 0.738. The van der Waals surface area contributed by atoms with Crippen LogP contribution in [0.2, 0.25) is 0 Å². The molecular weight excluding hydrogens is 410 g/mol. The van der Waals surface area contributed by atoms with E-state index in [9.17, 15) is 14.7 Å². The molecule has 31 heavy (non-hydrogen) atoms. The summed E-state index contributed by atoms with van der Waals surface area (Å²) in [6, 6.07) is 0. The molecule has 170 valence electrons. The topological polar surface area (TPSA) is 82.5 Å². The zero-order valence-electron chi connectivity index (χ0n) is 18.9. The number of carbonyl (C=O) groups excluding carboxylic acids is 2. The van der Waals surface area contributed by atoms with Crippen LogP contribution in [0.5, 0.6) is 0 Å². The summed E-state index contributed by atoms with van der Waals surface area (Å²) in [5.74, 6) is 0.531. The number of hydrogen-bond donors (Lipinski definition) is 2. The van der Waals surface area contributed by atoms with Gasteiger partial charge in [0.05, 0.1) is 11.8 Å². The van der Waals surface area contributed by atoms with Crippen LogP contribution in [0.3, 0.4) is 0 Å². The van der Waals surface area contributed by atoms with Gasteiger partial charge in [-0.25, -0.2) is 4.98 Å². The van der Waals surface area contributed by atoms with E-state index in [0.717, 1.165) is 63.7 Å². The number of aliphatic hydroxyl groups is 1. The summed E-state index contributed by atoms with van der Waals surface area (Å²) >= 11 is 1.61. The molecule has 6 nitrogen and oxygen atoms in total. The number of anilines is 1. The fraction of sp³-hybridized carbons (Fsp3) is 0.792.